The number of hydrogen-bond acceptors (Lipinski definition) is 3. The highest BCUT2D eigenvalue weighted by atomic mass is 14.9. The fourth-order valence-electron chi connectivity index (χ4n) is 1.45. The SMILES string of the molecule is N#C[C@H](Nc1ccccc1)c1ccncc1. The summed E-state index contributed by atoms with van der Waals surface area (Å²) in [4.78, 5) is 3.93. The number of nitrogens with zero attached hydrogens (tertiary/aromatic N) is 2. The molecule has 1 heterocycles. The van der Waals surface area contributed by atoms with Crippen molar-refractivity contribution in [2.24, 2.45) is 0 Å². The van der Waals surface area contributed by atoms with Crippen molar-refractivity contribution < 1.29 is 0 Å². The summed E-state index contributed by atoms with van der Waals surface area (Å²) in [7, 11) is 0. The smallest absolute Gasteiger partial charge is 0.140 e. The van der Waals surface area contributed by atoms with Gasteiger partial charge in [-0.1, -0.05) is 18.2 Å². The van der Waals surface area contributed by atoms with Crippen LogP contribution >= 0.6 is 0 Å². The molecule has 1 aromatic carbocycles. The van der Waals surface area contributed by atoms with Gasteiger partial charge in [-0.15, -0.1) is 0 Å². The van der Waals surface area contributed by atoms with Gasteiger partial charge in [-0.25, -0.2) is 0 Å². The van der Waals surface area contributed by atoms with Gasteiger partial charge in [0.05, 0.1) is 6.07 Å². The van der Waals surface area contributed by atoms with Gasteiger partial charge in [-0.2, -0.15) is 5.26 Å². The molecule has 1 N–H and O–H groups in total. The molecule has 1 atom stereocenters. The molecule has 0 spiro atoms. The molecule has 0 aliphatic rings. The van der Waals surface area contributed by atoms with Crippen molar-refractivity contribution in [2.45, 2.75) is 6.04 Å². The van der Waals surface area contributed by atoms with E-state index >= 15 is 0 Å². The third-order valence-corrected chi connectivity index (χ3v) is 2.25. The van der Waals surface area contributed by atoms with Crippen LogP contribution in [0.15, 0.2) is 54.9 Å². The summed E-state index contributed by atoms with van der Waals surface area (Å²) in [5.74, 6) is 0. The average molecular weight is 209 g/mol. The summed E-state index contributed by atoms with van der Waals surface area (Å²) < 4.78 is 0. The van der Waals surface area contributed by atoms with Crippen molar-refractivity contribution >= 4 is 5.69 Å². The molecule has 0 aliphatic carbocycles. The Kier molecular flexibility index (Phi) is 3.15. The summed E-state index contributed by atoms with van der Waals surface area (Å²) in [5, 5.41) is 12.3. The van der Waals surface area contributed by atoms with Crippen LogP contribution in [0.1, 0.15) is 11.6 Å². The highest BCUT2D eigenvalue weighted by molar-refractivity contribution is 5.46. The quantitative estimate of drug-likeness (QED) is 0.845. The number of pyridine rings is 1. The number of aromatic nitrogens is 1. The predicted molar refractivity (Wildman–Crippen MR) is 62.7 cm³/mol. The van der Waals surface area contributed by atoms with Crippen molar-refractivity contribution in [2.75, 3.05) is 5.32 Å². The van der Waals surface area contributed by atoms with Crippen LogP contribution in [-0.2, 0) is 0 Å². The van der Waals surface area contributed by atoms with E-state index in [1.807, 2.05) is 42.5 Å². The lowest BCUT2D eigenvalue weighted by Gasteiger charge is -2.12. The molecule has 0 unspecified atom stereocenters. The Morgan fingerprint density at radius 1 is 1.06 bits per heavy atom. The first-order chi connectivity index (χ1) is 7.90. The van der Waals surface area contributed by atoms with Gasteiger partial charge in [-0.05, 0) is 29.8 Å². The number of para-hydroxylation sites is 1. The molecule has 3 nitrogen and oxygen atoms in total. The standard InChI is InChI=1S/C13H11N3/c14-10-13(11-6-8-15-9-7-11)16-12-4-2-1-3-5-12/h1-9,13,16H/t13-/m0/s1. The molecule has 0 radical (unpaired) electrons. The van der Waals surface area contributed by atoms with E-state index < -0.39 is 0 Å². The van der Waals surface area contributed by atoms with E-state index in [0.717, 1.165) is 11.3 Å². The fraction of sp³-hybridized carbons (Fsp3) is 0.0769. The average Bonchev–Trinajstić information content (AvgIpc) is 2.38. The number of anilines is 1. The Bertz CT molecular complexity index is 474. The molecular formula is C13H11N3. The Morgan fingerprint density at radius 2 is 1.75 bits per heavy atom. The van der Waals surface area contributed by atoms with Gasteiger partial charge >= 0.3 is 0 Å². The van der Waals surface area contributed by atoms with E-state index in [0.29, 0.717) is 0 Å². The number of nitrogens with one attached hydrogen (secondary N) is 1. The van der Waals surface area contributed by atoms with Gasteiger partial charge in [0.1, 0.15) is 6.04 Å². The Balaban J connectivity index is 2.17. The van der Waals surface area contributed by atoms with Crippen LogP contribution < -0.4 is 5.32 Å². The third-order valence-electron chi connectivity index (χ3n) is 2.25. The van der Waals surface area contributed by atoms with Crippen molar-refractivity contribution in [3.8, 4) is 6.07 Å². The van der Waals surface area contributed by atoms with Gasteiger partial charge in [0.15, 0.2) is 0 Å². The van der Waals surface area contributed by atoms with Crippen molar-refractivity contribution in [1.29, 1.82) is 5.26 Å². The fourth-order valence-corrected chi connectivity index (χ4v) is 1.45. The van der Waals surface area contributed by atoms with E-state index in [2.05, 4.69) is 16.4 Å². The predicted octanol–water partition coefficient (Wildman–Crippen LogP) is 2.76. The van der Waals surface area contributed by atoms with Crippen LogP contribution in [0.5, 0.6) is 0 Å². The topological polar surface area (TPSA) is 48.7 Å². The van der Waals surface area contributed by atoms with Gasteiger partial charge in [0, 0.05) is 18.1 Å². The van der Waals surface area contributed by atoms with Crippen molar-refractivity contribution in [1.82, 2.24) is 4.98 Å². The third kappa shape index (κ3) is 2.37. The van der Waals surface area contributed by atoms with Crippen molar-refractivity contribution in [3.63, 3.8) is 0 Å². The molecule has 16 heavy (non-hydrogen) atoms. The summed E-state index contributed by atoms with van der Waals surface area (Å²) in [5.41, 5.74) is 1.85. The van der Waals surface area contributed by atoms with Gasteiger partial charge < -0.3 is 5.32 Å². The highest BCUT2D eigenvalue weighted by Gasteiger charge is 2.08. The second-order valence-corrected chi connectivity index (χ2v) is 3.35. The number of nitriles is 1. The van der Waals surface area contributed by atoms with E-state index in [-0.39, 0.29) is 6.04 Å². The molecule has 1 aromatic heterocycles. The minimum atomic E-state index is -0.342. The molecule has 0 fully saturated rings. The molecule has 0 saturated heterocycles. The first-order valence-corrected chi connectivity index (χ1v) is 5.01. The molecule has 0 saturated carbocycles. The van der Waals surface area contributed by atoms with Crippen LogP contribution in [0.2, 0.25) is 0 Å². The van der Waals surface area contributed by atoms with Crippen LogP contribution in [0.25, 0.3) is 0 Å². The zero-order valence-electron chi connectivity index (χ0n) is 8.67. The zero-order chi connectivity index (χ0) is 11.2. The first-order valence-electron chi connectivity index (χ1n) is 5.01. The lowest BCUT2D eigenvalue weighted by Crippen LogP contribution is -2.08. The molecule has 0 amide bonds. The van der Waals surface area contributed by atoms with Crippen LogP contribution in [0.4, 0.5) is 5.69 Å². The zero-order valence-corrected chi connectivity index (χ0v) is 8.67. The molecule has 78 valence electrons. The Morgan fingerprint density at radius 3 is 2.38 bits per heavy atom. The maximum atomic E-state index is 9.11. The van der Waals surface area contributed by atoms with Gasteiger partial charge in [-0.3, -0.25) is 4.98 Å². The normalized spacial score (nSPS) is 11.4. The lowest BCUT2D eigenvalue weighted by molar-refractivity contribution is 0.990. The molecule has 0 bridgehead atoms. The van der Waals surface area contributed by atoms with E-state index in [1.54, 1.807) is 12.4 Å². The highest BCUT2D eigenvalue weighted by Crippen LogP contribution is 2.17. The molecule has 3 heteroatoms. The molecule has 2 aromatic rings. The number of hydrogen-bond donors (Lipinski definition) is 1. The number of benzene rings is 1. The minimum absolute atomic E-state index is 0.342. The second-order valence-electron chi connectivity index (χ2n) is 3.35. The minimum Gasteiger partial charge on any atom is -0.366 e. The van der Waals surface area contributed by atoms with E-state index in [9.17, 15) is 0 Å². The summed E-state index contributed by atoms with van der Waals surface area (Å²) in [6, 6.07) is 15.2. The van der Waals surface area contributed by atoms with Gasteiger partial charge in [0.25, 0.3) is 0 Å². The maximum Gasteiger partial charge on any atom is 0.140 e. The van der Waals surface area contributed by atoms with E-state index in [1.165, 1.54) is 0 Å². The van der Waals surface area contributed by atoms with Crippen molar-refractivity contribution in [3.05, 3.63) is 60.4 Å². The summed E-state index contributed by atoms with van der Waals surface area (Å²) in [6.45, 7) is 0. The largest absolute Gasteiger partial charge is 0.366 e. The molecular weight excluding hydrogens is 198 g/mol. The van der Waals surface area contributed by atoms with Crippen LogP contribution in [0, 0.1) is 11.3 Å². The second kappa shape index (κ2) is 4.94. The van der Waals surface area contributed by atoms with Crippen LogP contribution in [-0.4, -0.2) is 4.98 Å². The maximum absolute atomic E-state index is 9.11. The number of rotatable bonds is 3. The first kappa shape index (κ1) is 10.2. The van der Waals surface area contributed by atoms with Crippen LogP contribution in [0.3, 0.4) is 0 Å². The summed E-state index contributed by atoms with van der Waals surface area (Å²) in [6.07, 6.45) is 3.37. The monoisotopic (exact) mass is 209 g/mol. The molecule has 0 aliphatic heterocycles. The van der Waals surface area contributed by atoms with Gasteiger partial charge in [0.2, 0.25) is 0 Å². The molecule has 2 rings (SSSR count). The summed E-state index contributed by atoms with van der Waals surface area (Å²) >= 11 is 0. The Hall–Kier alpha value is -2.34. The Labute approximate surface area is 94.4 Å². The van der Waals surface area contributed by atoms with E-state index in [4.69, 9.17) is 5.26 Å². The lowest BCUT2D eigenvalue weighted by atomic mass is 10.1.